The average Bonchev–Trinajstić information content (AvgIpc) is 3.17. The van der Waals surface area contributed by atoms with Gasteiger partial charge in [0.2, 0.25) is 0 Å². The molecular formula is C18H29N5O. The number of ether oxygens (including phenoxy) is 1. The Morgan fingerprint density at radius 3 is 2.67 bits per heavy atom. The highest BCUT2D eigenvalue weighted by Crippen LogP contribution is 2.28. The summed E-state index contributed by atoms with van der Waals surface area (Å²) in [5, 5.41) is 8.42. The van der Waals surface area contributed by atoms with Crippen molar-refractivity contribution in [2.45, 2.75) is 65.3 Å². The second-order valence-corrected chi connectivity index (χ2v) is 7.70. The summed E-state index contributed by atoms with van der Waals surface area (Å²) in [6.07, 6.45) is 4.82. The normalized spacial score (nSPS) is 21.6. The van der Waals surface area contributed by atoms with Gasteiger partial charge >= 0.3 is 0 Å². The maximum absolute atomic E-state index is 5.93. The van der Waals surface area contributed by atoms with Crippen molar-refractivity contribution in [1.29, 1.82) is 0 Å². The molecule has 24 heavy (non-hydrogen) atoms. The van der Waals surface area contributed by atoms with E-state index in [0.717, 1.165) is 31.1 Å². The first kappa shape index (κ1) is 17.2. The lowest BCUT2D eigenvalue weighted by atomic mass is 10.1. The molecule has 132 valence electrons. The maximum atomic E-state index is 5.93. The minimum atomic E-state index is -0.000934. The molecule has 0 saturated carbocycles. The van der Waals surface area contributed by atoms with E-state index in [1.165, 1.54) is 11.3 Å². The lowest BCUT2D eigenvalue weighted by Crippen LogP contribution is -2.32. The molecule has 3 rings (SSSR count). The quantitative estimate of drug-likeness (QED) is 0.936. The van der Waals surface area contributed by atoms with Gasteiger partial charge in [0, 0.05) is 49.9 Å². The standard InChI is InChI=1S/C18H29N5O/c1-12-14(13(2)23(21-12)18(3,4)5)11-20-15-7-10-24-16(15)17-19-8-9-22(17)6/h8-9,15-16,20H,7,10-11H2,1-6H3/t15-,16-/m0/s1. The van der Waals surface area contributed by atoms with Crippen molar-refractivity contribution in [2.75, 3.05) is 6.61 Å². The highest BCUT2D eigenvalue weighted by Gasteiger charge is 2.32. The molecule has 2 aromatic rings. The summed E-state index contributed by atoms with van der Waals surface area (Å²) in [6.45, 7) is 12.4. The molecule has 0 bridgehead atoms. The summed E-state index contributed by atoms with van der Waals surface area (Å²) < 4.78 is 10.1. The fourth-order valence-corrected chi connectivity index (χ4v) is 3.52. The van der Waals surface area contributed by atoms with Crippen molar-refractivity contribution in [2.24, 2.45) is 7.05 Å². The summed E-state index contributed by atoms with van der Waals surface area (Å²) in [4.78, 5) is 4.46. The zero-order chi connectivity index (χ0) is 17.5. The molecule has 1 N–H and O–H groups in total. The van der Waals surface area contributed by atoms with Crippen molar-refractivity contribution in [3.05, 3.63) is 35.2 Å². The number of aryl methyl sites for hydroxylation is 2. The van der Waals surface area contributed by atoms with Gasteiger partial charge in [-0.05, 0) is 41.0 Å². The Labute approximate surface area is 144 Å². The van der Waals surface area contributed by atoms with E-state index in [2.05, 4.69) is 49.6 Å². The Balaban J connectivity index is 1.74. The van der Waals surface area contributed by atoms with Gasteiger partial charge in [0.1, 0.15) is 11.9 Å². The smallest absolute Gasteiger partial charge is 0.139 e. The minimum Gasteiger partial charge on any atom is -0.369 e. The third-order valence-electron chi connectivity index (χ3n) is 4.82. The van der Waals surface area contributed by atoms with Crippen LogP contribution in [0.15, 0.2) is 12.4 Å². The Kier molecular flexibility index (Phi) is 4.53. The monoisotopic (exact) mass is 331 g/mol. The van der Waals surface area contributed by atoms with Crippen molar-refractivity contribution in [1.82, 2.24) is 24.6 Å². The van der Waals surface area contributed by atoms with Crippen LogP contribution in [0.2, 0.25) is 0 Å². The van der Waals surface area contributed by atoms with Gasteiger partial charge in [-0.25, -0.2) is 4.98 Å². The zero-order valence-corrected chi connectivity index (χ0v) is 15.6. The number of hydrogen-bond acceptors (Lipinski definition) is 4. The van der Waals surface area contributed by atoms with Crippen LogP contribution in [0.25, 0.3) is 0 Å². The third-order valence-corrected chi connectivity index (χ3v) is 4.82. The Morgan fingerprint density at radius 1 is 1.33 bits per heavy atom. The number of hydrogen-bond donors (Lipinski definition) is 1. The van der Waals surface area contributed by atoms with E-state index < -0.39 is 0 Å². The molecule has 0 spiro atoms. The van der Waals surface area contributed by atoms with Crippen LogP contribution >= 0.6 is 0 Å². The van der Waals surface area contributed by atoms with E-state index in [9.17, 15) is 0 Å². The molecule has 1 fully saturated rings. The molecule has 1 saturated heterocycles. The lowest BCUT2D eigenvalue weighted by molar-refractivity contribution is 0.0892. The van der Waals surface area contributed by atoms with E-state index >= 15 is 0 Å². The number of aromatic nitrogens is 4. The summed E-state index contributed by atoms with van der Waals surface area (Å²) in [7, 11) is 2.02. The zero-order valence-electron chi connectivity index (χ0n) is 15.6. The van der Waals surface area contributed by atoms with Crippen LogP contribution in [-0.2, 0) is 23.9 Å². The van der Waals surface area contributed by atoms with E-state index in [-0.39, 0.29) is 17.7 Å². The Hall–Kier alpha value is -1.66. The molecule has 0 aliphatic carbocycles. The predicted octanol–water partition coefficient (Wildman–Crippen LogP) is 2.61. The van der Waals surface area contributed by atoms with Crippen molar-refractivity contribution >= 4 is 0 Å². The third kappa shape index (κ3) is 3.13. The van der Waals surface area contributed by atoms with Gasteiger partial charge in [-0.15, -0.1) is 0 Å². The van der Waals surface area contributed by atoms with Crippen molar-refractivity contribution in [3.8, 4) is 0 Å². The van der Waals surface area contributed by atoms with Crippen molar-refractivity contribution in [3.63, 3.8) is 0 Å². The molecule has 2 aromatic heterocycles. The molecule has 0 unspecified atom stereocenters. The van der Waals surface area contributed by atoms with Gasteiger partial charge < -0.3 is 14.6 Å². The van der Waals surface area contributed by atoms with Crippen molar-refractivity contribution < 1.29 is 4.74 Å². The highest BCUT2D eigenvalue weighted by molar-refractivity contribution is 5.25. The van der Waals surface area contributed by atoms with Gasteiger partial charge in [-0.3, -0.25) is 4.68 Å². The van der Waals surface area contributed by atoms with Gasteiger partial charge in [-0.1, -0.05) is 0 Å². The molecule has 1 aliphatic rings. The first-order valence-electron chi connectivity index (χ1n) is 8.67. The van der Waals surface area contributed by atoms with E-state index in [4.69, 9.17) is 9.84 Å². The molecule has 0 amide bonds. The first-order valence-corrected chi connectivity index (χ1v) is 8.67. The Bertz CT molecular complexity index is 710. The number of nitrogens with one attached hydrogen (secondary N) is 1. The fourth-order valence-electron chi connectivity index (χ4n) is 3.52. The van der Waals surface area contributed by atoms with Crippen LogP contribution in [-0.4, -0.2) is 32.0 Å². The summed E-state index contributed by atoms with van der Waals surface area (Å²) >= 11 is 0. The van der Waals surface area contributed by atoms with Gasteiger partial charge in [0.15, 0.2) is 0 Å². The predicted molar refractivity (Wildman–Crippen MR) is 93.8 cm³/mol. The number of rotatable bonds is 4. The van der Waals surface area contributed by atoms with Crippen LogP contribution in [0.5, 0.6) is 0 Å². The Morgan fingerprint density at radius 2 is 2.08 bits per heavy atom. The van der Waals surface area contributed by atoms with E-state index in [0.29, 0.717) is 0 Å². The second-order valence-electron chi connectivity index (χ2n) is 7.70. The summed E-state index contributed by atoms with van der Waals surface area (Å²) in [5.74, 6) is 0.990. The maximum Gasteiger partial charge on any atom is 0.139 e. The molecule has 0 radical (unpaired) electrons. The summed E-state index contributed by atoms with van der Waals surface area (Å²) in [5.41, 5.74) is 3.62. The van der Waals surface area contributed by atoms with Gasteiger partial charge in [-0.2, -0.15) is 5.10 Å². The van der Waals surface area contributed by atoms with Crippen LogP contribution in [0, 0.1) is 13.8 Å². The second kappa shape index (κ2) is 6.33. The van der Waals surface area contributed by atoms with Crippen LogP contribution in [0.1, 0.15) is 56.1 Å². The number of imidazole rings is 1. The highest BCUT2D eigenvalue weighted by atomic mass is 16.5. The van der Waals surface area contributed by atoms with Crippen LogP contribution in [0.4, 0.5) is 0 Å². The van der Waals surface area contributed by atoms with Gasteiger partial charge in [0.05, 0.1) is 11.2 Å². The molecular weight excluding hydrogens is 302 g/mol. The van der Waals surface area contributed by atoms with E-state index in [1.807, 2.05) is 24.0 Å². The summed E-state index contributed by atoms with van der Waals surface area (Å²) in [6, 6.07) is 0.280. The van der Waals surface area contributed by atoms with Gasteiger partial charge in [0.25, 0.3) is 0 Å². The fraction of sp³-hybridized carbons (Fsp3) is 0.667. The molecule has 3 heterocycles. The lowest BCUT2D eigenvalue weighted by Gasteiger charge is -2.22. The average molecular weight is 331 g/mol. The molecule has 0 aromatic carbocycles. The SMILES string of the molecule is Cc1nn(C(C)(C)C)c(C)c1CN[C@H]1CCO[C@@H]1c1nccn1C. The molecule has 2 atom stereocenters. The molecule has 1 aliphatic heterocycles. The van der Waals surface area contributed by atoms with Crippen LogP contribution in [0.3, 0.4) is 0 Å². The largest absolute Gasteiger partial charge is 0.369 e. The van der Waals surface area contributed by atoms with Crippen LogP contribution < -0.4 is 5.32 Å². The molecule has 6 nitrogen and oxygen atoms in total. The number of nitrogens with zero attached hydrogens (tertiary/aromatic N) is 4. The topological polar surface area (TPSA) is 56.9 Å². The molecule has 6 heteroatoms. The first-order chi connectivity index (χ1) is 11.3. The van der Waals surface area contributed by atoms with E-state index in [1.54, 1.807) is 0 Å². The minimum absolute atomic E-state index is 0.000934.